The summed E-state index contributed by atoms with van der Waals surface area (Å²) in [4.78, 5) is 0. The quantitative estimate of drug-likeness (QED) is 0.508. The van der Waals surface area contributed by atoms with Gasteiger partial charge < -0.3 is 25.1 Å². The molecule has 2 nitrogen and oxygen atoms in total. The van der Waals surface area contributed by atoms with Crippen molar-refractivity contribution < 1.29 is 26.7 Å². The van der Waals surface area contributed by atoms with Gasteiger partial charge in [-0.2, -0.15) is 0 Å². The Hall–Kier alpha value is 0.994. The molecule has 9 heavy (non-hydrogen) atoms. The third-order valence-electron chi connectivity index (χ3n) is 0.1000. The van der Waals surface area contributed by atoms with Crippen molar-refractivity contribution in [3.8, 4) is 0 Å². The molecule has 0 heterocycles. The Bertz CT molecular complexity index is 18.5. The first-order valence-corrected chi connectivity index (χ1v) is 1.13. The van der Waals surface area contributed by atoms with Gasteiger partial charge in [0, 0.05) is 0 Å². The molecule has 66 valence electrons. The van der Waals surface area contributed by atoms with Gasteiger partial charge in [0.1, 0.15) is 0 Å². The van der Waals surface area contributed by atoms with Crippen LogP contribution in [0.3, 0.4) is 0 Å². The number of hydrogen-bond acceptors (Lipinski definition) is 2. The summed E-state index contributed by atoms with van der Waals surface area (Å²) >= 11 is 0. The summed E-state index contributed by atoms with van der Waals surface area (Å²) < 4.78 is 0. The van der Waals surface area contributed by atoms with Gasteiger partial charge in [-0.1, -0.05) is 0 Å². The molecule has 5 heteroatoms. The Morgan fingerprint density at radius 1 is 0.778 bits per heavy atom. The fourth-order valence-electron chi connectivity index (χ4n) is 0. The topological polar surface area (TPSA) is 40.5 Å². The van der Waals surface area contributed by atoms with E-state index in [0.29, 0.717) is 0 Å². The molecule has 0 rings (SSSR count). The summed E-state index contributed by atoms with van der Waals surface area (Å²) in [5.74, 6) is 0. The van der Waals surface area contributed by atoms with Gasteiger partial charge >= 0.3 is 16.5 Å². The van der Waals surface area contributed by atoms with Gasteiger partial charge in [0.15, 0.2) is 0 Å². The smallest absolute Gasteiger partial charge is 0.394 e. The van der Waals surface area contributed by atoms with Crippen LogP contribution >= 0.6 is 24.8 Å². The van der Waals surface area contributed by atoms with Crippen molar-refractivity contribution in [2.75, 3.05) is 13.2 Å². The first-order chi connectivity index (χ1) is 1.91. The molecule has 0 fully saturated rings. The third kappa shape index (κ3) is 111. The fourth-order valence-corrected chi connectivity index (χ4v) is 0. The van der Waals surface area contributed by atoms with Crippen molar-refractivity contribution in [2.45, 2.75) is 0 Å². The van der Waals surface area contributed by atoms with Crippen LogP contribution in [0.2, 0.25) is 0 Å². The normalized spacial score (nSPS) is 3.33. The van der Waals surface area contributed by atoms with Crippen molar-refractivity contribution in [3.05, 3.63) is 14.9 Å². The number of hydrogen-bond donors (Lipinski definition) is 2. The van der Waals surface area contributed by atoms with Crippen molar-refractivity contribution in [1.82, 2.24) is 0 Å². The van der Waals surface area contributed by atoms with Crippen LogP contribution in [0.4, 0.5) is 0 Å². The first-order valence-electron chi connectivity index (χ1n) is 1.13. The molecule has 0 amide bonds. The largest absolute Gasteiger partial charge is 2.00 e. The molecule has 0 unspecified atom stereocenters. The summed E-state index contributed by atoms with van der Waals surface area (Å²) in [6.07, 6.45) is 0. The molecule has 2 N–H and O–H groups in total. The van der Waals surface area contributed by atoms with E-state index in [0.717, 1.165) is 0 Å². The molecular formula is C4H14Cl2NiO2. The molecule has 0 aromatic heterocycles. The number of halogens is 2. The van der Waals surface area contributed by atoms with Gasteiger partial charge in [-0.3, -0.25) is 0 Å². The first kappa shape index (κ1) is 50.7. The monoisotopic (exact) mass is 222 g/mol. The van der Waals surface area contributed by atoms with E-state index in [9.17, 15) is 0 Å². The van der Waals surface area contributed by atoms with E-state index in [1.54, 1.807) is 0 Å². The minimum Gasteiger partial charge on any atom is -0.394 e. The second-order valence-corrected chi connectivity index (χ2v) is 0.447. The molecule has 0 aliphatic rings. The maximum atomic E-state index is 7.62. The number of rotatable bonds is 1. The van der Waals surface area contributed by atoms with Crippen LogP contribution in [-0.2, 0) is 16.5 Å². The second-order valence-electron chi connectivity index (χ2n) is 0.447. The van der Waals surface area contributed by atoms with Crippen LogP contribution < -0.4 is 0 Å². The molecule has 0 bridgehead atoms. The van der Waals surface area contributed by atoms with Gasteiger partial charge in [-0.25, -0.2) is 0 Å². The maximum Gasteiger partial charge on any atom is 2.00 e. The van der Waals surface area contributed by atoms with Crippen LogP contribution in [0.25, 0.3) is 0 Å². The Morgan fingerprint density at radius 3 is 0.889 bits per heavy atom. The second kappa shape index (κ2) is 64.1. The minimum absolute atomic E-state index is 0. The molecule has 0 aromatic carbocycles. The van der Waals surface area contributed by atoms with Crippen LogP contribution in [0.5, 0.6) is 0 Å². The maximum absolute atomic E-state index is 7.62. The van der Waals surface area contributed by atoms with Gasteiger partial charge in [0.2, 0.25) is 0 Å². The molecule has 0 saturated heterocycles. The summed E-state index contributed by atoms with van der Waals surface area (Å²) in [7, 11) is 0. The molecule has 0 aliphatic heterocycles. The van der Waals surface area contributed by atoms with E-state index in [4.69, 9.17) is 10.2 Å². The molecule has 0 aromatic rings. The van der Waals surface area contributed by atoms with E-state index >= 15 is 0 Å². The van der Waals surface area contributed by atoms with Crippen molar-refractivity contribution in [2.24, 2.45) is 0 Å². The predicted molar refractivity (Wildman–Crippen MR) is 41.5 cm³/mol. The molecule has 0 saturated carbocycles. The zero-order valence-corrected chi connectivity index (χ0v) is 8.06. The Balaban J connectivity index is -0.00000000450. The Labute approximate surface area is 79.8 Å². The van der Waals surface area contributed by atoms with E-state index in [-0.39, 0.29) is 69.4 Å². The number of aliphatic hydroxyl groups is 2. The standard InChI is InChI=1S/C2H6O2.2CH3.2ClH.Ni/c3-1-2-4;;;;;/h3-4H,1-2H2;2*1H3;2*1H;/q;2*-1;;;+2. The zero-order chi connectivity index (χ0) is 3.41. The van der Waals surface area contributed by atoms with Crippen LogP contribution in [-0.4, -0.2) is 23.4 Å². The van der Waals surface area contributed by atoms with Crippen LogP contribution in [0.1, 0.15) is 0 Å². The predicted octanol–water partition coefficient (Wildman–Crippen LogP) is 0.713. The minimum atomic E-state index is -0.125. The van der Waals surface area contributed by atoms with Gasteiger partial charge in [-0.05, 0) is 0 Å². The molecular weight excluding hydrogens is 210 g/mol. The summed E-state index contributed by atoms with van der Waals surface area (Å²) in [5.41, 5.74) is 0. The van der Waals surface area contributed by atoms with Crippen molar-refractivity contribution in [1.29, 1.82) is 0 Å². The van der Waals surface area contributed by atoms with Gasteiger partial charge in [0.25, 0.3) is 0 Å². The average molecular weight is 224 g/mol. The fraction of sp³-hybridized carbons (Fsp3) is 0.500. The summed E-state index contributed by atoms with van der Waals surface area (Å²) in [5, 5.41) is 15.2. The van der Waals surface area contributed by atoms with Crippen LogP contribution in [0, 0.1) is 14.9 Å². The van der Waals surface area contributed by atoms with E-state index < -0.39 is 0 Å². The molecule has 0 atom stereocenters. The van der Waals surface area contributed by atoms with Crippen LogP contribution in [0.15, 0.2) is 0 Å². The van der Waals surface area contributed by atoms with Crippen molar-refractivity contribution >= 4 is 24.8 Å². The molecule has 0 aliphatic carbocycles. The van der Waals surface area contributed by atoms with E-state index in [2.05, 4.69) is 0 Å². The van der Waals surface area contributed by atoms with E-state index in [1.165, 1.54) is 0 Å². The molecule has 0 radical (unpaired) electrons. The number of aliphatic hydroxyl groups excluding tert-OH is 2. The SMILES string of the molecule is Cl.Cl.OCCO.[CH3-].[CH3-].[Ni+2]. The van der Waals surface area contributed by atoms with Gasteiger partial charge in [-0.15, -0.1) is 24.8 Å². The Kier molecular flexibility index (Phi) is 361. The summed E-state index contributed by atoms with van der Waals surface area (Å²) in [6, 6.07) is 0. The van der Waals surface area contributed by atoms with Crippen molar-refractivity contribution in [3.63, 3.8) is 0 Å². The van der Waals surface area contributed by atoms with Gasteiger partial charge in [0.05, 0.1) is 13.2 Å². The molecule has 0 spiro atoms. The zero-order valence-electron chi connectivity index (χ0n) is 5.44. The van der Waals surface area contributed by atoms with E-state index in [1.807, 2.05) is 0 Å². The Morgan fingerprint density at radius 2 is 0.889 bits per heavy atom. The summed E-state index contributed by atoms with van der Waals surface area (Å²) in [6.45, 7) is -0.250. The third-order valence-corrected chi connectivity index (χ3v) is 0.1000. The average Bonchev–Trinajstić information content (AvgIpc) is 1.37.